The summed E-state index contributed by atoms with van der Waals surface area (Å²) in [4.78, 5) is 10.7. The predicted molar refractivity (Wildman–Crippen MR) is 62.9 cm³/mol. The molecule has 0 aliphatic heterocycles. The minimum atomic E-state index is -1.07. The van der Waals surface area contributed by atoms with E-state index in [-0.39, 0.29) is 0 Å². The second-order valence-electron chi connectivity index (χ2n) is 3.04. The highest BCUT2D eigenvalue weighted by Crippen LogP contribution is 2.25. The Labute approximate surface area is 95.4 Å². The van der Waals surface area contributed by atoms with Gasteiger partial charge in [0, 0.05) is 14.8 Å². The molecule has 0 aromatic heterocycles. The fourth-order valence-corrected chi connectivity index (χ4v) is 1.97. The Morgan fingerprint density at radius 1 is 1.57 bits per heavy atom. The molecular formula is C9H11IN2O2. The minimum absolute atomic E-state index is 0.459. The second kappa shape index (κ2) is 4.14. The molecule has 0 radical (unpaired) electrons. The van der Waals surface area contributed by atoms with E-state index >= 15 is 0 Å². The summed E-state index contributed by atoms with van der Waals surface area (Å²) in [7, 11) is 0. The first-order chi connectivity index (χ1) is 6.43. The van der Waals surface area contributed by atoms with Crippen molar-refractivity contribution < 1.29 is 9.90 Å². The number of aryl methyl sites for hydroxylation is 1. The van der Waals surface area contributed by atoms with Crippen molar-refractivity contribution in [1.29, 1.82) is 0 Å². The number of nitrogens with two attached hydrogens (primary N) is 2. The third-order valence-electron chi connectivity index (χ3n) is 1.98. The Bertz CT molecular complexity index is 379. The van der Waals surface area contributed by atoms with Crippen LogP contribution in [0.2, 0.25) is 0 Å². The van der Waals surface area contributed by atoms with Gasteiger partial charge >= 0.3 is 5.97 Å². The summed E-state index contributed by atoms with van der Waals surface area (Å²) in [5.41, 5.74) is 13.0. The minimum Gasteiger partial charge on any atom is -0.480 e. The number of nitrogen functional groups attached to an aromatic ring is 1. The number of hydrogen-bond acceptors (Lipinski definition) is 3. The Morgan fingerprint density at radius 2 is 2.14 bits per heavy atom. The fourth-order valence-electron chi connectivity index (χ4n) is 1.17. The summed E-state index contributed by atoms with van der Waals surface area (Å²) in [5, 5.41) is 8.76. The van der Waals surface area contributed by atoms with Gasteiger partial charge in [-0.05, 0) is 47.2 Å². The normalized spacial score (nSPS) is 12.5. The van der Waals surface area contributed by atoms with Crippen LogP contribution in [0.15, 0.2) is 12.1 Å². The van der Waals surface area contributed by atoms with Crippen LogP contribution in [-0.4, -0.2) is 11.1 Å². The standard InChI is InChI=1S/C9H11IN2O2/c1-4-2-5(10)3-6(7(4)11)8(12)9(13)14/h2-3,8H,11-12H2,1H3,(H,13,14)/t8-/m0/s1. The molecule has 0 heterocycles. The molecule has 0 bridgehead atoms. The first kappa shape index (κ1) is 11.3. The van der Waals surface area contributed by atoms with Gasteiger partial charge in [-0.25, -0.2) is 0 Å². The summed E-state index contributed by atoms with van der Waals surface area (Å²) in [6.07, 6.45) is 0. The van der Waals surface area contributed by atoms with E-state index in [9.17, 15) is 4.79 Å². The smallest absolute Gasteiger partial charge is 0.325 e. The molecular weight excluding hydrogens is 295 g/mol. The van der Waals surface area contributed by atoms with E-state index < -0.39 is 12.0 Å². The van der Waals surface area contributed by atoms with Crippen LogP contribution in [0.5, 0.6) is 0 Å². The van der Waals surface area contributed by atoms with Crippen LogP contribution in [-0.2, 0) is 4.79 Å². The van der Waals surface area contributed by atoms with Crippen molar-refractivity contribution in [2.45, 2.75) is 13.0 Å². The van der Waals surface area contributed by atoms with Crippen LogP contribution < -0.4 is 11.5 Å². The number of carbonyl (C=O) groups is 1. The van der Waals surface area contributed by atoms with Crippen LogP contribution in [0.1, 0.15) is 17.2 Å². The molecule has 1 atom stereocenters. The monoisotopic (exact) mass is 306 g/mol. The van der Waals surface area contributed by atoms with E-state index in [1.807, 2.05) is 13.0 Å². The molecule has 0 amide bonds. The summed E-state index contributed by atoms with van der Waals surface area (Å²) in [5.74, 6) is -1.07. The van der Waals surface area contributed by atoms with Gasteiger partial charge in [-0.1, -0.05) is 0 Å². The highest BCUT2D eigenvalue weighted by atomic mass is 127. The predicted octanol–water partition coefficient (Wildman–Crippen LogP) is 1.27. The molecule has 0 fully saturated rings. The molecule has 4 nitrogen and oxygen atoms in total. The third kappa shape index (κ3) is 2.16. The molecule has 0 saturated heterocycles. The first-order valence-corrected chi connectivity index (χ1v) is 5.05. The zero-order valence-corrected chi connectivity index (χ0v) is 9.78. The van der Waals surface area contributed by atoms with Crippen molar-refractivity contribution in [3.05, 3.63) is 26.8 Å². The summed E-state index contributed by atoms with van der Waals surface area (Å²) >= 11 is 2.10. The number of benzene rings is 1. The van der Waals surface area contributed by atoms with Gasteiger partial charge in [0.2, 0.25) is 0 Å². The molecule has 76 valence electrons. The first-order valence-electron chi connectivity index (χ1n) is 3.97. The van der Waals surface area contributed by atoms with Crippen molar-refractivity contribution in [3.8, 4) is 0 Å². The van der Waals surface area contributed by atoms with Crippen LogP contribution in [0.25, 0.3) is 0 Å². The van der Waals surface area contributed by atoms with E-state index in [4.69, 9.17) is 16.6 Å². The largest absolute Gasteiger partial charge is 0.480 e. The van der Waals surface area contributed by atoms with Gasteiger partial charge in [0.15, 0.2) is 0 Å². The van der Waals surface area contributed by atoms with Gasteiger partial charge < -0.3 is 16.6 Å². The number of carboxylic acid groups (broad SMARTS) is 1. The van der Waals surface area contributed by atoms with E-state index in [0.717, 1.165) is 9.13 Å². The lowest BCUT2D eigenvalue weighted by Crippen LogP contribution is -2.22. The lowest BCUT2D eigenvalue weighted by molar-refractivity contribution is -0.138. The van der Waals surface area contributed by atoms with Crippen LogP contribution in [0, 0.1) is 10.5 Å². The van der Waals surface area contributed by atoms with Gasteiger partial charge in [-0.3, -0.25) is 4.79 Å². The summed E-state index contributed by atoms with van der Waals surface area (Å²) < 4.78 is 0.931. The molecule has 0 aliphatic rings. The topological polar surface area (TPSA) is 89.3 Å². The van der Waals surface area contributed by atoms with Crippen LogP contribution >= 0.6 is 22.6 Å². The number of rotatable bonds is 2. The van der Waals surface area contributed by atoms with Gasteiger partial charge in [0.25, 0.3) is 0 Å². The number of anilines is 1. The van der Waals surface area contributed by atoms with E-state index in [1.54, 1.807) is 6.07 Å². The molecule has 0 spiro atoms. The zero-order valence-electron chi connectivity index (χ0n) is 7.62. The highest BCUT2D eigenvalue weighted by molar-refractivity contribution is 14.1. The average Bonchev–Trinajstić information content (AvgIpc) is 2.09. The van der Waals surface area contributed by atoms with E-state index in [1.165, 1.54) is 0 Å². The SMILES string of the molecule is Cc1cc(I)cc([C@H](N)C(=O)O)c1N. The number of carboxylic acids is 1. The van der Waals surface area contributed by atoms with Crippen molar-refractivity contribution >= 4 is 34.2 Å². The fraction of sp³-hybridized carbons (Fsp3) is 0.222. The second-order valence-corrected chi connectivity index (χ2v) is 4.29. The Balaban J connectivity index is 3.26. The zero-order chi connectivity index (χ0) is 10.9. The molecule has 1 rings (SSSR count). The Kier molecular flexibility index (Phi) is 3.33. The molecule has 14 heavy (non-hydrogen) atoms. The molecule has 0 saturated carbocycles. The lowest BCUT2D eigenvalue weighted by atomic mass is 10.0. The lowest BCUT2D eigenvalue weighted by Gasteiger charge is -2.12. The van der Waals surface area contributed by atoms with Crippen molar-refractivity contribution in [2.24, 2.45) is 5.73 Å². The Hall–Kier alpha value is -0.820. The van der Waals surface area contributed by atoms with Crippen molar-refractivity contribution in [1.82, 2.24) is 0 Å². The summed E-state index contributed by atoms with van der Waals surface area (Å²) in [6, 6.07) is 2.53. The van der Waals surface area contributed by atoms with Gasteiger partial charge in [0.1, 0.15) is 6.04 Å². The third-order valence-corrected chi connectivity index (χ3v) is 2.61. The maximum atomic E-state index is 10.7. The number of hydrogen-bond donors (Lipinski definition) is 3. The average molecular weight is 306 g/mol. The number of halogens is 1. The number of aliphatic carboxylic acids is 1. The van der Waals surface area contributed by atoms with Gasteiger partial charge in [-0.2, -0.15) is 0 Å². The maximum absolute atomic E-state index is 10.7. The molecule has 1 aromatic carbocycles. The maximum Gasteiger partial charge on any atom is 0.325 e. The molecule has 1 aromatic rings. The summed E-state index contributed by atoms with van der Waals surface area (Å²) in [6.45, 7) is 1.83. The van der Waals surface area contributed by atoms with Gasteiger partial charge in [0.05, 0.1) is 0 Å². The van der Waals surface area contributed by atoms with Crippen molar-refractivity contribution in [2.75, 3.05) is 5.73 Å². The molecule has 0 unspecified atom stereocenters. The van der Waals surface area contributed by atoms with Crippen LogP contribution in [0.3, 0.4) is 0 Å². The van der Waals surface area contributed by atoms with Crippen molar-refractivity contribution in [3.63, 3.8) is 0 Å². The van der Waals surface area contributed by atoms with Crippen LogP contribution in [0.4, 0.5) is 5.69 Å². The quantitative estimate of drug-likeness (QED) is 0.567. The molecule has 0 aliphatic carbocycles. The van der Waals surface area contributed by atoms with Gasteiger partial charge in [-0.15, -0.1) is 0 Å². The van der Waals surface area contributed by atoms with E-state index in [2.05, 4.69) is 22.6 Å². The highest BCUT2D eigenvalue weighted by Gasteiger charge is 2.18. The van der Waals surface area contributed by atoms with E-state index in [0.29, 0.717) is 11.3 Å². The molecule has 5 N–H and O–H groups in total. The Morgan fingerprint density at radius 3 is 2.64 bits per heavy atom. The molecule has 5 heteroatoms.